The number of rotatable bonds is 7. The normalized spacial score (nSPS) is 11.4. The summed E-state index contributed by atoms with van der Waals surface area (Å²) in [6, 6.07) is 14.3. The van der Waals surface area contributed by atoms with Crippen LogP contribution in [0, 0.1) is 0 Å². The number of carbonyl (C=O) groups excluding carboxylic acids is 1. The van der Waals surface area contributed by atoms with Gasteiger partial charge in [0.25, 0.3) is 0 Å². The number of benzene rings is 2. The molecule has 1 atom stereocenters. The maximum atomic E-state index is 12.4. The Kier molecular flexibility index (Phi) is 6.36. The quantitative estimate of drug-likeness (QED) is 0.715. The number of nitrogens with zero attached hydrogens (tertiary/aromatic N) is 1. The molecule has 3 N–H and O–H groups in total. The van der Waals surface area contributed by atoms with Gasteiger partial charge in [-0.1, -0.05) is 30.3 Å². The van der Waals surface area contributed by atoms with Gasteiger partial charge in [-0.15, -0.1) is 0 Å². The zero-order valence-electron chi connectivity index (χ0n) is 13.8. The monoisotopic (exact) mass is 344 g/mol. The Hall–Kier alpha value is -3.06. The van der Waals surface area contributed by atoms with Crippen LogP contribution in [-0.2, 0) is 11.3 Å². The van der Waals surface area contributed by atoms with E-state index in [2.05, 4.69) is 5.32 Å². The number of carboxylic acid groups (broad SMARTS) is 1. The molecule has 0 aromatic heterocycles. The van der Waals surface area contributed by atoms with Crippen molar-refractivity contribution in [3.8, 4) is 5.75 Å². The van der Waals surface area contributed by atoms with Gasteiger partial charge in [0.05, 0.1) is 13.7 Å². The SMILES string of the molecule is COc1ccc(NC(=O)[C@@H](CO)N(Cc2ccccc2)C(=O)O)cc1. The van der Waals surface area contributed by atoms with Crippen LogP contribution in [0.1, 0.15) is 5.56 Å². The number of amides is 2. The average Bonchev–Trinajstić information content (AvgIpc) is 2.63. The molecule has 0 heterocycles. The maximum absolute atomic E-state index is 12.4. The summed E-state index contributed by atoms with van der Waals surface area (Å²) in [5.41, 5.74) is 1.20. The van der Waals surface area contributed by atoms with E-state index in [0.29, 0.717) is 11.4 Å². The molecule has 2 aromatic rings. The molecule has 0 unspecified atom stereocenters. The molecule has 132 valence electrons. The van der Waals surface area contributed by atoms with Gasteiger partial charge in [0.1, 0.15) is 11.8 Å². The van der Waals surface area contributed by atoms with Crippen molar-refractivity contribution < 1.29 is 24.5 Å². The third kappa shape index (κ3) is 4.95. The topological polar surface area (TPSA) is 99.1 Å². The lowest BCUT2D eigenvalue weighted by Crippen LogP contribution is -2.48. The third-order valence-corrected chi connectivity index (χ3v) is 3.65. The molecule has 7 nitrogen and oxygen atoms in total. The Bertz CT molecular complexity index is 703. The molecule has 0 aliphatic rings. The van der Waals surface area contributed by atoms with Crippen LogP contribution in [0.25, 0.3) is 0 Å². The molecule has 2 amide bonds. The number of aliphatic hydroxyl groups is 1. The van der Waals surface area contributed by atoms with Gasteiger partial charge >= 0.3 is 6.09 Å². The summed E-state index contributed by atoms with van der Waals surface area (Å²) in [5, 5.41) is 21.6. The van der Waals surface area contributed by atoms with Crippen molar-refractivity contribution in [2.24, 2.45) is 0 Å². The summed E-state index contributed by atoms with van der Waals surface area (Å²) in [4.78, 5) is 24.9. The molecule has 0 saturated carbocycles. The minimum absolute atomic E-state index is 0.00255. The predicted molar refractivity (Wildman–Crippen MR) is 92.5 cm³/mol. The summed E-state index contributed by atoms with van der Waals surface area (Å²) >= 11 is 0. The highest BCUT2D eigenvalue weighted by molar-refractivity contribution is 5.96. The van der Waals surface area contributed by atoms with E-state index in [4.69, 9.17) is 4.74 Å². The molecule has 0 fully saturated rings. The van der Waals surface area contributed by atoms with Crippen LogP contribution < -0.4 is 10.1 Å². The van der Waals surface area contributed by atoms with Crippen LogP contribution in [0.3, 0.4) is 0 Å². The van der Waals surface area contributed by atoms with Gasteiger partial charge in [-0.3, -0.25) is 9.69 Å². The summed E-state index contributed by atoms with van der Waals surface area (Å²) in [6.45, 7) is -0.626. The fourth-order valence-corrected chi connectivity index (χ4v) is 2.31. The Balaban J connectivity index is 2.12. The molecular formula is C18H20N2O5. The number of nitrogens with one attached hydrogen (secondary N) is 1. The number of anilines is 1. The zero-order chi connectivity index (χ0) is 18.2. The lowest BCUT2D eigenvalue weighted by molar-refractivity contribution is -0.122. The third-order valence-electron chi connectivity index (χ3n) is 3.65. The Morgan fingerprint density at radius 3 is 2.28 bits per heavy atom. The summed E-state index contributed by atoms with van der Waals surface area (Å²) < 4.78 is 5.04. The summed E-state index contributed by atoms with van der Waals surface area (Å²) in [7, 11) is 1.53. The van der Waals surface area contributed by atoms with Gasteiger partial charge in [0, 0.05) is 12.2 Å². The van der Waals surface area contributed by atoms with E-state index in [0.717, 1.165) is 10.5 Å². The Morgan fingerprint density at radius 1 is 1.12 bits per heavy atom. The van der Waals surface area contributed by atoms with Crippen molar-refractivity contribution in [3.05, 3.63) is 60.2 Å². The highest BCUT2D eigenvalue weighted by Crippen LogP contribution is 2.16. The lowest BCUT2D eigenvalue weighted by atomic mass is 10.1. The fraction of sp³-hybridized carbons (Fsp3) is 0.222. The van der Waals surface area contributed by atoms with Crippen LogP contribution in [0.15, 0.2) is 54.6 Å². The molecule has 2 aromatic carbocycles. The van der Waals surface area contributed by atoms with Crippen molar-refractivity contribution >= 4 is 17.7 Å². The van der Waals surface area contributed by atoms with Crippen molar-refractivity contribution in [1.82, 2.24) is 4.90 Å². The number of aliphatic hydroxyl groups excluding tert-OH is 1. The molecule has 0 bridgehead atoms. The van der Waals surface area contributed by atoms with Gasteiger partial charge in [-0.05, 0) is 29.8 Å². The Morgan fingerprint density at radius 2 is 1.76 bits per heavy atom. The summed E-state index contributed by atoms with van der Waals surface area (Å²) in [6.07, 6.45) is -1.28. The van der Waals surface area contributed by atoms with Gasteiger partial charge in [0.2, 0.25) is 5.91 Å². The van der Waals surface area contributed by atoms with Crippen LogP contribution >= 0.6 is 0 Å². The highest BCUT2D eigenvalue weighted by atomic mass is 16.5. The van der Waals surface area contributed by atoms with E-state index in [-0.39, 0.29) is 6.54 Å². The standard InChI is InChI=1S/C18H20N2O5/c1-25-15-9-7-14(8-10-15)19-17(22)16(12-21)20(18(23)24)11-13-5-3-2-4-6-13/h2-10,16,21H,11-12H2,1H3,(H,19,22)(H,23,24)/t16-/m1/s1. The fourth-order valence-electron chi connectivity index (χ4n) is 2.31. The largest absolute Gasteiger partial charge is 0.497 e. The van der Waals surface area contributed by atoms with Crippen molar-refractivity contribution in [3.63, 3.8) is 0 Å². The minimum atomic E-state index is -1.28. The first-order valence-corrected chi connectivity index (χ1v) is 7.64. The molecule has 0 aliphatic carbocycles. The number of hydrogen-bond donors (Lipinski definition) is 3. The first-order valence-electron chi connectivity index (χ1n) is 7.64. The van der Waals surface area contributed by atoms with E-state index in [9.17, 15) is 19.8 Å². The van der Waals surface area contributed by atoms with Crippen LogP contribution in [0.5, 0.6) is 5.75 Å². The van der Waals surface area contributed by atoms with Gasteiger partial charge < -0.3 is 20.3 Å². The molecule has 25 heavy (non-hydrogen) atoms. The number of methoxy groups -OCH3 is 1. The zero-order valence-corrected chi connectivity index (χ0v) is 13.8. The van der Waals surface area contributed by atoms with E-state index in [1.165, 1.54) is 7.11 Å². The van der Waals surface area contributed by atoms with Crippen molar-refractivity contribution in [1.29, 1.82) is 0 Å². The second kappa shape index (κ2) is 8.70. The number of hydrogen-bond acceptors (Lipinski definition) is 4. The molecule has 2 rings (SSSR count). The van der Waals surface area contributed by atoms with Crippen molar-refractivity contribution in [2.75, 3.05) is 19.0 Å². The van der Waals surface area contributed by atoms with Gasteiger partial charge in [-0.2, -0.15) is 0 Å². The number of carbonyl (C=O) groups is 2. The van der Waals surface area contributed by atoms with Crippen LogP contribution in [-0.4, -0.2) is 46.9 Å². The molecule has 7 heteroatoms. The first-order chi connectivity index (χ1) is 12.0. The first kappa shape index (κ1) is 18.3. The van der Waals surface area contributed by atoms with Gasteiger partial charge in [-0.25, -0.2) is 4.79 Å². The summed E-state index contributed by atoms with van der Waals surface area (Å²) in [5.74, 6) is 0.0268. The smallest absolute Gasteiger partial charge is 0.408 e. The van der Waals surface area contributed by atoms with Crippen molar-refractivity contribution in [2.45, 2.75) is 12.6 Å². The van der Waals surface area contributed by atoms with Gasteiger partial charge in [0.15, 0.2) is 0 Å². The second-order valence-electron chi connectivity index (χ2n) is 5.31. The number of ether oxygens (including phenoxy) is 1. The van der Waals surface area contributed by atoms with Crippen LogP contribution in [0.2, 0.25) is 0 Å². The molecule has 0 aliphatic heterocycles. The minimum Gasteiger partial charge on any atom is -0.497 e. The highest BCUT2D eigenvalue weighted by Gasteiger charge is 2.29. The van der Waals surface area contributed by atoms with E-state index in [1.807, 2.05) is 6.07 Å². The van der Waals surface area contributed by atoms with E-state index in [1.54, 1.807) is 48.5 Å². The molecule has 0 spiro atoms. The molecular weight excluding hydrogens is 324 g/mol. The Labute approximate surface area is 145 Å². The second-order valence-corrected chi connectivity index (χ2v) is 5.31. The van der Waals surface area contributed by atoms with E-state index >= 15 is 0 Å². The lowest BCUT2D eigenvalue weighted by Gasteiger charge is -2.27. The maximum Gasteiger partial charge on any atom is 0.408 e. The average molecular weight is 344 g/mol. The molecule has 0 radical (unpaired) electrons. The van der Waals surface area contributed by atoms with E-state index < -0.39 is 24.6 Å². The van der Waals surface area contributed by atoms with Crippen LogP contribution in [0.4, 0.5) is 10.5 Å². The molecule has 0 saturated heterocycles. The predicted octanol–water partition coefficient (Wildman–Crippen LogP) is 2.17.